The molecule has 1 aliphatic rings. The van der Waals surface area contributed by atoms with Gasteiger partial charge in [-0.2, -0.15) is 0 Å². The van der Waals surface area contributed by atoms with E-state index in [4.69, 9.17) is 0 Å². The molecule has 2 rings (SSSR count). The van der Waals surface area contributed by atoms with E-state index in [1.807, 2.05) is 24.3 Å². The molecule has 0 saturated heterocycles. The number of benzene rings is 1. The zero-order valence-corrected chi connectivity index (χ0v) is 7.62. The van der Waals surface area contributed by atoms with Crippen LogP contribution in [-0.4, -0.2) is 11.4 Å². The second-order valence-corrected chi connectivity index (χ2v) is 3.87. The predicted molar refractivity (Wildman–Crippen MR) is 51.8 cm³/mol. The van der Waals surface area contributed by atoms with Crippen molar-refractivity contribution < 1.29 is 9.90 Å². The lowest BCUT2D eigenvalue weighted by atomic mass is 10.0. The molecule has 0 spiro atoms. The number of aliphatic hydroxyl groups is 1. The van der Waals surface area contributed by atoms with Crippen molar-refractivity contribution in [3.63, 3.8) is 0 Å². The molecule has 0 aliphatic carbocycles. The third-order valence-corrected chi connectivity index (χ3v) is 2.90. The number of carbonyl (C=O) groups is 1. The van der Waals surface area contributed by atoms with Gasteiger partial charge in [-0.25, -0.2) is 0 Å². The van der Waals surface area contributed by atoms with Crippen molar-refractivity contribution in [1.82, 2.24) is 0 Å². The molecule has 1 heterocycles. The summed E-state index contributed by atoms with van der Waals surface area (Å²) in [5.41, 5.74) is 0.973. The highest BCUT2D eigenvalue weighted by molar-refractivity contribution is 8.03. The molecule has 13 heavy (non-hydrogen) atoms. The average Bonchev–Trinajstić information content (AvgIpc) is 2.16. The molecule has 1 aliphatic heterocycles. The molecule has 0 aromatic heterocycles. The van der Waals surface area contributed by atoms with Crippen molar-refractivity contribution in [2.45, 2.75) is 10.8 Å². The lowest BCUT2D eigenvalue weighted by Crippen LogP contribution is -2.03. The molecular weight excluding hydrogens is 184 g/mol. The Bertz CT molecular complexity index is 371. The standard InChI is InChI=1S/C10H8O2S/c11-6-7-5-10(12)13-9-4-2-1-3-8(7)9/h1-7,12H. The summed E-state index contributed by atoms with van der Waals surface area (Å²) in [5.74, 6) is -0.294. The van der Waals surface area contributed by atoms with E-state index in [2.05, 4.69) is 0 Å². The van der Waals surface area contributed by atoms with E-state index < -0.39 is 0 Å². The molecule has 0 saturated carbocycles. The number of thioether (sulfide) groups is 1. The number of carbonyl (C=O) groups excluding carboxylic acids is 1. The fourth-order valence-electron chi connectivity index (χ4n) is 1.35. The average molecular weight is 192 g/mol. The third kappa shape index (κ3) is 1.47. The van der Waals surface area contributed by atoms with Crippen LogP contribution in [0, 0.1) is 0 Å². The van der Waals surface area contributed by atoms with Crippen LogP contribution in [0.4, 0.5) is 0 Å². The summed E-state index contributed by atoms with van der Waals surface area (Å²) in [6.45, 7) is 0. The van der Waals surface area contributed by atoms with E-state index in [0.717, 1.165) is 16.7 Å². The number of fused-ring (bicyclic) bond motifs is 1. The van der Waals surface area contributed by atoms with Gasteiger partial charge >= 0.3 is 0 Å². The summed E-state index contributed by atoms with van der Waals surface area (Å²) in [6.07, 6.45) is 2.41. The highest BCUT2D eigenvalue weighted by Gasteiger charge is 2.19. The van der Waals surface area contributed by atoms with Gasteiger partial charge in [0.25, 0.3) is 0 Å². The van der Waals surface area contributed by atoms with Gasteiger partial charge < -0.3 is 9.90 Å². The van der Waals surface area contributed by atoms with E-state index in [1.54, 1.807) is 6.08 Å². The molecule has 1 unspecified atom stereocenters. The molecule has 0 radical (unpaired) electrons. The number of aliphatic hydroxyl groups excluding tert-OH is 1. The largest absolute Gasteiger partial charge is 0.502 e. The van der Waals surface area contributed by atoms with Gasteiger partial charge in [0, 0.05) is 4.90 Å². The maximum absolute atomic E-state index is 10.7. The lowest BCUT2D eigenvalue weighted by molar-refractivity contribution is -0.108. The summed E-state index contributed by atoms with van der Waals surface area (Å²) >= 11 is 1.29. The molecule has 1 aromatic rings. The van der Waals surface area contributed by atoms with E-state index in [9.17, 15) is 9.90 Å². The zero-order valence-electron chi connectivity index (χ0n) is 6.81. The minimum Gasteiger partial charge on any atom is -0.502 e. The zero-order chi connectivity index (χ0) is 9.26. The first-order valence-corrected chi connectivity index (χ1v) is 4.76. The highest BCUT2D eigenvalue weighted by atomic mass is 32.2. The molecule has 1 atom stereocenters. The molecule has 0 bridgehead atoms. The fraction of sp³-hybridized carbons (Fsp3) is 0.100. The fourth-order valence-corrected chi connectivity index (χ4v) is 2.26. The van der Waals surface area contributed by atoms with Gasteiger partial charge in [0.05, 0.1) is 5.92 Å². The van der Waals surface area contributed by atoms with Crippen molar-refractivity contribution >= 4 is 18.0 Å². The molecule has 1 aromatic carbocycles. The Labute approximate surface area is 80.3 Å². The summed E-state index contributed by atoms with van der Waals surface area (Å²) in [5, 5.41) is 9.53. The second kappa shape index (κ2) is 3.26. The van der Waals surface area contributed by atoms with E-state index in [0.29, 0.717) is 0 Å². The summed E-state index contributed by atoms with van der Waals surface area (Å²) < 4.78 is 0. The summed E-state index contributed by atoms with van der Waals surface area (Å²) in [7, 11) is 0. The maximum Gasteiger partial charge on any atom is 0.151 e. The first-order chi connectivity index (χ1) is 6.31. The maximum atomic E-state index is 10.7. The number of hydrogen-bond donors (Lipinski definition) is 1. The number of allylic oxidation sites excluding steroid dienone is 1. The van der Waals surface area contributed by atoms with Crippen LogP contribution in [0.25, 0.3) is 0 Å². The van der Waals surface area contributed by atoms with E-state index >= 15 is 0 Å². The number of rotatable bonds is 1. The van der Waals surface area contributed by atoms with Gasteiger partial charge in [0.1, 0.15) is 6.29 Å². The Morgan fingerprint density at radius 2 is 2.15 bits per heavy atom. The van der Waals surface area contributed by atoms with E-state index in [1.165, 1.54) is 11.8 Å². The van der Waals surface area contributed by atoms with Crippen LogP contribution < -0.4 is 0 Å². The van der Waals surface area contributed by atoms with Gasteiger partial charge in [-0.1, -0.05) is 30.0 Å². The van der Waals surface area contributed by atoms with Gasteiger partial charge in [0.2, 0.25) is 0 Å². The molecule has 2 nitrogen and oxygen atoms in total. The topological polar surface area (TPSA) is 37.3 Å². The molecule has 0 fully saturated rings. The minimum absolute atomic E-state index is 0.204. The van der Waals surface area contributed by atoms with Crippen LogP contribution in [0.15, 0.2) is 40.3 Å². The SMILES string of the molecule is O=CC1C=C(O)Sc2ccccc21. The van der Waals surface area contributed by atoms with Crippen LogP contribution in [0.5, 0.6) is 0 Å². The lowest BCUT2D eigenvalue weighted by Gasteiger charge is -2.16. The van der Waals surface area contributed by atoms with Crippen molar-refractivity contribution in [2.75, 3.05) is 0 Å². The van der Waals surface area contributed by atoms with Crippen LogP contribution in [0.3, 0.4) is 0 Å². The van der Waals surface area contributed by atoms with Crippen molar-refractivity contribution in [3.8, 4) is 0 Å². The quantitative estimate of drug-likeness (QED) is 0.694. The first-order valence-electron chi connectivity index (χ1n) is 3.94. The Hall–Kier alpha value is -1.22. The number of hydrogen-bond acceptors (Lipinski definition) is 3. The van der Waals surface area contributed by atoms with Crippen molar-refractivity contribution in [2.24, 2.45) is 0 Å². The second-order valence-electron chi connectivity index (χ2n) is 2.81. The van der Waals surface area contributed by atoms with Gasteiger partial charge in [-0.3, -0.25) is 0 Å². The van der Waals surface area contributed by atoms with Crippen LogP contribution in [-0.2, 0) is 4.79 Å². The minimum atomic E-state index is -0.294. The van der Waals surface area contributed by atoms with Crippen LogP contribution in [0.1, 0.15) is 11.5 Å². The van der Waals surface area contributed by atoms with Crippen LogP contribution in [0.2, 0.25) is 0 Å². The summed E-state index contributed by atoms with van der Waals surface area (Å²) in [4.78, 5) is 11.7. The van der Waals surface area contributed by atoms with Crippen LogP contribution >= 0.6 is 11.8 Å². The normalized spacial score (nSPS) is 20.3. The Kier molecular flexibility index (Phi) is 2.10. The number of aldehydes is 1. The monoisotopic (exact) mass is 192 g/mol. The first kappa shape index (κ1) is 8.38. The Balaban J connectivity index is 2.50. The summed E-state index contributed by atoms with van der Waals surface area (Å²) in [6, 6.07) is 7.60. The molecular formula is C10H8O2S. The Morgan fingerprint density at radius 3 is 2.92 bits per heavy atom. The van der Waals surface area contributed by atoms with E-state index in [-0.39, 0.29) is 11.0 Å². The van der Waals surface area contributed by atoms with Gasteiger partial charge in [-0.05, 0) is 17.7 Å². The predicted octanol–water partition coefficient (Wildman–Crippen LogP) is 2.47. The molecule has 3 heteroatoms. The molecule has 1 N–H and O–H groups in total. The molecule has 0 amide bonds. The van der Waals surface area contributed by atoms with Crippen molar-refractivity contribution in [1.29, 1.82) is 0 Å². The van der Waals surface area contributed by atoms with Crippen molar-refractivity contribution in [3.05, 3.63) is 41.0 Å². The van der Waals surface area contributed by atoms with Gasteiger partial charge in [-0.15, -0.1) is 0 Å². The smallest absolute Gasteiger partial charge is 0.151 e. The Morgan fingerprint density at radius 1 is 1.38 bits per heavy atom. The highest BCUT2D eigenvalue weighted by Crippen LogP contribution is 2.37. The van der Waals surface area contributed by atoms with Gasteiger partial charge in [0.15, 0.2) is 5.09 Å². The molecule has 66 valence electrons. The third-order valence-electron chi connectivity index (χ3n) is 1.96.